The number of carbonyl (C=O) groups excluding carboxylic acids is 1. The molecule has 0 spiro atoms. The summed E-state index contributed by atoms with van der Waals surface area (Å²) in [5.74, 6) is -0.259. The molecule has 0 aromatic heterocycles. The second-order valence-corrected chi connectivity index (χ2v) is 7.03. The lowest BCUT2D eigenvalue weighted by Crippen LogP contribution is -2.32. The highest BCUT2D eigenvalue weighted by Crippen LogP contribution is 2.15. The minimum atomic E-state index is -0.978. The molecule has 5 heteroatoms. The summed E-state index contributed by atoms with van der Waals surface area (Å²) in [7, 11) is 0. The summed E-state index contributed by atoms with van der Waals surface area (Å²) in [6, 6.07) is 9.71. The molecule has 0 radical (unpaired) electrons. The van der Waals surface area contributed by atoms with Crippen LogP contribution in [0, 0.1) is 5.92 Å². The maximum absolute atomic E-state index is 11.9. The fraction of sp³-hybridized carbons (Fsp3) is 0.632. The first kappa shape index (κ1) is 20.6. The molecule has 0 fully saturated rings. The van der Waals surface area contributed by atoms with Crippen LogP contribution in [-0.2, 0) is 20.9 Å². The van der Waals surface area contributed by atoms with Crippen LogP contribution in [0.5, 0.6) is 0 Å². The van der Waals surface area contributed by atoms with Gasteiger partial charge in [-0.25, -0.2) is 0 Å². The number of ether oxygens (including phenoxy) is 2. The first-order valence-corrected chi connectivity index (χ1v) is 8.58. The number of unbranched alkanes of at least 4 members (excludes halogenated alkanes) is 1. The molecule has 2 N–H and O–H groups in total. The molecule has 0 bridgehead atoms. The van der Waals surface area contributed by atoms with Crippen molar-refractivity contribution in [3.05, 3.63) is 35.9 Å². The van der Waals surface area contributed by atoms with Crippen LogP contribution < -0.4 is 5.32 Å². The van der Waals surface area contributed by atoms with Crippen LogP contribution in [0.4, 0.5) is 0 Å². The standard InChI is InChI=1S/C19H31NO4/c1-15(17(21)24-19(2,3)4)10-8-9-13-20-18(22)23-14-16-11-6-5-7-12-16/h5-7,11-12,15,18,20,22H,8-10,13-14H2,1-4H3. The van der Waals surface area contributed by atoms with Gasteiger partial charge < -0.3 is 14.6 Å². The van der Waals surface area contributed by atoms with Gasteiger partial charge in [0.05, 0.1) is 12.5 Å². The topological polar surface area (TPSA) is 67.8 Å². The molecule has 136 valence electrons. The molecule has 0 aliphatic rings. The van der Waals surface area contributed by atoms with Gasteiger partial charge in [0.2, 0.25) is 6.41 Å². The van der Waals surface area contributed by atoms with E-state index in [2.05, 4.69) is 5.32 Å². The van der Waals surface area contributed by atoms with E-state index in [9.17, 15) is 9.90 Å². The molecule has 0 saturated carbocycles. The Bertz CT molecular complexity index is 470. The van der Waals surface area contributed by atoms with E-state index in [0.717, 1.165) is 24.8 Å². The predicted octanol–water partition coefficient (Wildman–Crippen LogP) is 3.22. The van der Waals surface area contributed by atoms with Gasteiger partial charge in [0.1, 0.15) is 5.60 Å². The van der Waals surface area contributed by atoms with E-state index in [0.29, 0.717) is 13.2 Å². The SMILES string of the molecule is CC(CCCCNC(O)OCc1ccccc1)C(=O)OC(C)(C)C. The van der Waals surface area contributed by atoms with Gasteiger partial charge in [0.25, 0.3) is 0 Å². The van der Waals surface area contributed by atoms with Crippen LogP contribution in [-0.4, -0.2) is 29.6 Å². The Morgan fingerprint density at radius 3 is 2.50 bits per heavy atom. The molecular formula is C19H31NO4. The Morgan fingerprint density at radius 1 is 1.21 bits per heavy atom. The number of aliphatic hydroxyl groups excluding tert-OH is 1. The average molecular weight is 337 g/mol. The molecule has 0 aliphatic carbocycles. The largest absolute Gasteiger partial charge is 0.460 e. The molecule has 0 heterocycles. The summed E-state index contributed by atoms with van der Waals surface area (Å²) in [5, 5.41) is 12.6. The van der Waals surface area contributed by atoms with Gasteiger partial charge in [-0.1, -0.05) is 43.7 Å². The molecule has 5 nitrogen and oxygen atoms in total. The van der Waals surface area contributed by atoms with E-state index >= 15 is 0 Å². The van der Waals surface area contributed by atoms with Crippen molar-refractivity contribution in [3.63, 3.8) is 0 Å². The van der Waals surface area contributed by atoms with Gasteiger partial charge in [0.15, 0.2) is 0 Å². The molecule has 1 aromatic carbocycles. The quantitative estimate of drug-likeness (QED) is 0.390. The number of nitrogens with one attached hydrogen (secondary N) is 1. The molecule has 1 rings (SSSR count). The number of hydrogen-bond donors (Lipinski definition) is 2. The van der Waals surface area contributed by atoms with E-state index < -0.39 is 12.0 Å². The van der Waals surface area contributed by atoms with Crippen molar-refractivity contribution in [3.8, 4) is 0 Å². The van der Waals surface area contributed by atoms with E-state index in [1.165, 1.54) is 0 Å². The zero-order valence-electron chi connectivity index (χ0n) is 15.2. The third kappa shape index (κ3) is 9.65. The van der Waals surface area contributed by atoms with Crippen molar-refractivity contribution in [2.45, 2.75) is 65.6 Å². The first-order chi connectivity index (χ1) is 11.3. The Balaban J connectivity index is 2.07. The maximum atomic E-state index is 11.9. The molecule has 1 aromatic rings. The summed E-state index contributed by atoms with van der Waals surface area (Å²) in [6.45, 7) is 8.51. The number of esters is 1. The van der Waals surface area contributed by atoms with E-state index in [4.69, 9.17) is 9.47 Å². The number of rotatable bonds is 10. The van der Waals surface area contributed by atoms with Crippen molar-refractivity contribution < 1.29 is 19.4 Å². The van der Waals surface area contributed by atoms with Crippen LogP contribution in [0.25, 0.3) is 0 Å². The maximum Gasteiger partial charge on any atom is 0.309 e. The van der Waals surface area contributed by atoms with Crippen molar-refractivity contribution in [2.24, 2.45) is 5.92 Å². The highest BCUT2D eigenvalue weighted by molar-refractivity contribution is 5.72. The van der Waals surface area contributed by atoms with Gasteiger partial charge in [-0.2, -0.15) is 0 Å². The summed E-state index contributed by atoms with van der Waals surface area (Å²) in [6.07, 6.45) is 1.54. The minimum Gasteiger partial charge on any atom is -0.460 e. The number of carbonyl (C=O) groups is 1. The van der Waals surface area contributed by atoms with Crippen LogP contribution in [0.1, 0.15) is 52.5 Å². The third-order valence-corrected chi connectivity index (χ3v) is 3.44. The van der Waals surface area contributed by atoms with Gasteiger partial charge >= 0.3 is 5.97 Å². The fourth-order valence-corrected chi connectivity index (χ4v) is 2.13. The molecule has 2 unspecified atom stereocenters. The van der Waals surface area contributed by atoms with Crippen molar-refractivity contribution >= 4 is 5.97 Å². The highest BCUT2D eigenvalue weighted by atomic mass is 16.6. The second kappa shape index (κ2) is 10.4. The van der Waals surface area contributed by atoms with Gasteiger partial charge in [-0.3, -0.25) is 10.1 Å². The summed E-state index contributed by atoms with van der Waals surface area (Å²) >= 11 is 0. The molecule has 2 atom stereocenters. The molecule has 24 heavy (non-hydrogen) atoms. The van der Waals surface area contributed by atoms with Crippen molar-refractivity contribution in [2.75, 3.05) is 6.54 Å². The molecule has 0 saturated heterocycles. The molecule has 0 amide bonds. The molecule has 0 aliphatic heterocycles. The number of aliphatic hydroxyl groups is 1. The van der Waals surface area contributed by atoms with E-state index in [1.54, 1.807) is 0 Å². The monoisotopic (exact) mass is 337 g/mol. The van der Waals surface area contributed by atoms with Crippen LogP contribution in [0.2, 0.25) is 0 Å². The summed E-state index contributed by atoms with van der Waals surface area (Å²) in [4.78, 5) is 11.9. The van der Waals surface area contributed by atoms with Crippen LogP contribution in [0.3, 0.4) is 0 Å². The Labute approximate surface area is 145 Å². The van der Waals surface area contributed by atoms with Crippen molar-refractivity contribution in [1.82, 2.24) is 5.32 Å². The van der Waals surface area contributed by atoms with Crippen LogP contribution >= 0.6 is 0 Å². The fourth-order valence-electron chi connectivity index (χ4n) is 2.13. The Morgan fingerprint density at radius 2 is 1.88 bits per heavy atom. The minimum absolute atomic E-state index is 0.108. The normalized spacial score (nSPS) is 14.2. The van der Waals surface area contributed by atoms with E-state index in [-0.39, 0.29) is 11.9 Å². The number of hydrogen-bond acceptors (Lipinski definition) is 5. The molecular weight excluding hydrogens is 306 g/mol. The lowest BCUT2D eigenvalue weighted by atomic mass is 10.0. The first-order valence-electron chi connectivity index (χ1n) is 8.58. The summed E-state index contributed by atoms with van der Waals surface area (Å²) in [5.41, 5.74) is 0.581. The zero-order valence-corrected chi connectivity index (χ0v) is 15.2. The predicted molar refractivity (Wildman–Crippen MR) is 94.1 cm³/mol. The number of benzene rings is 1. The Kier molecular flexibility index (Phi) is 8.97. The zero-order chi connectivity index (χ0) is 18.0. The lowest BCUT2D eigenvalue weighted by molar-refractivity contribution is -0.159. The summed E-state index contributed by atoms with van der Waals surface area (Å²) < 4.78 is 10.7. The second-order valence-electron chi connectivity index (χ2n) is 7.03. The third-order valence-electron chi connectivity index (χ3n) is 3.44. The van der Waals surface area contributed by atoms with Gasteiger partial charge in [0, 0.05) is 0 Å². The average Bonchev–Trinajstić information content (AvgIpc) is 2.51. The van der Waals surface area contributed by atoms with E-state index in [1.807, 2.05) is 58.0 Å². The van der Waals surface area contributed by atoms with Crippen LogP contribution in [0.15, 0.2) is 30.3 Å². The highest BCUT2D eigenvalue weighted by Gasteiger charge is 2.21. The van der Waals surface area contributed by atoms with Gasteiger partial charge in [-0.15, -0.1) is 0 Å². The smallest absolute Gasteiger partial charge is 0.309 e. The van der Waals surface area contributed by atoms with Gasteiger partial charge in [-0.05, 0) is 45.7 Å². The Hall–Kier alpha value is -1.43. The van der Waals surface area contributed by atoms with Crippen molar-refractivity contribution in [1.29, 1.82) is 0 Å². The lowest BCUT2D eigenvalue weighted by Gasteiger charge is -2.22.